The molecular formula is C13H11BrOS. The van der Waals surface area contributed by atoms with Crippen LogP contribution in [0.4, 0.5) is 0 Å². The number of rotatable bonds is 2. The van der Waals surface area contributed by atoms with Crippen molar-refractivity contribution in [3.63, 3.8) is 0 Å². The highest BCUT2D eigenvalue weighted by Gasteiger charge is 2.14. The van der Waals surface area contributed by atoms with Gasteiger partial charge in [-0.15, -0.1) is 11.3 Å². The molecule has 1 heterocycles. The van der Waals surface area contributed by atoms with E-state index in [0.717, 1.165) is 25.4 Å². The van der Waals surface area contributed by atoms with Gasteiger partial charge in [-0.05, 0) is 35.8 Å². The van der Waals surface area contributed by atoms with Crippen molar-refractivity contribution >= 4 is 33.0 Å². The largest absolute Gasteiger partial charge is 0.288 e. The van der Waals surface area contributed by atoms with E-state index in [1.165, 1.54) is 11.3 Å². The molecular weight excluding hydrogens is 284 g/mol. The highest BCUT2D eigenvalue weighted by Crippen LogP contribution is 2.29. The van der Waals surface area contributed by atoms with Crippen LogP contribution in [-0.4, -0.2) is 5.78 Å². The number of carbonyl (C=O) groups is 1. The van der Waals surface area contributed by atoms with Gasteiger partial charge < -0.3 is 0 Å². The standard InChI is InChI=1S/C13H11BrOS/c1-8-3-5-10(6-4-8)12(15)13-11(14)7-9(2)16-13/h3-7H,1-2H3. The van der Waals surface area contributed by atoms with Crippen molar-refractivity contribution in [1.29, 1.82) is 0 Å². The molecule has 2 rings (SSSR count). The first-order chi connectivity index (χ1) is 7.58. The van der Waals surface area contributed by atoms with Gasteiger partial charge in [-0.3, -0.25) is 4.79 Å². The Bertz CT molecular complexity index is 525. The van der Waals surface area contributed by atoms with Crippen LogP contribution in [0.1, 0.15) is 25.7 Å². The summed E-state index contributed by atoms with van der Waals surface area (Å²) in [7, 11) is 0. The van der Waals surface area contributed by atoms with Gasteiger partial charge in [0.1, 0.15) is 0 Å². The van der Waals surface area contributed by atoms with Crippen LogP contribution in [0.3, 0.4) is 0 Å². The highest BCUT2D eigenvalue weighted by atomic mass is 79.9. The van der Waals surface area contributed by atoms with Gasteiger partial charge in [-0.2, -0.15) is 0 Å². The van der Waals surface area contributed by atoms with E-state index in [4.69, 9.17) is 0 Å². The molecule has 0 aliphatic rings. The molecule has 0 saturated heterocycles. The van der Waals surface area contributed by atoms with Crippen LogP contribution in [0.5, 0.6) is 0 Å². The Morgan fingerprint density at radius 1 is 1.19 bits per heavy atom. The van der Waals surface area contributed by atoms with Crippen LogP contribution in [0, 0.1) is 13.8 Å². The third kappa shape index (κ3) is 2.25. The van der Waals surface area contributed by atoms with E-state index in [1.54, 1.807) is 0 Å². The number of thiophene rings is 1. The molecule has 0 spiro atoms. The number of aryl methyl sites for hydroxylation is 2. The Kier molecular flexibility index (Phi) is 3.26. The van der Waals surface area contributed by atoms with Crippen molar-refractivity contribution in [2.75, 3.05) is 0 Å². The molecule has 0 N–H and O–H groups in total. The number of benzene rings is 1. The minimum atomic E-state index is 0.0879. The number of halogens is 1. The molecule has 82 valence electrons. The molecule has 0 atom stereocenters. The van der Waals surface area contributed by atoms with Crippen LogP contribution in [0.2, 0.25) is 0 Å². The molecule has 1 aromatic carbocycles. The molecule has 0 bridgehead atoms. The van der Waals surface area contributed by atoms with E-state index in [1.807, 2.05) is 44.2 Å². The van der Waals surface area contributed by atoms with Gasteiger partial charge in [-0.1, -0.05) is 29.8 Å². The number of hydrogen-bond acceptors (Lipinski definition) is 2. The molecule has 0 aliphatic heterocycles. The predicted octanol–water partition coefficient (Wildman–Crippen LogP) is 4.36. The molecule has 0 saturated carbocycles. The Labute approximate surface area is 107 Å². The summed E-state index contributed by atoms with van der Waals surface area (Å²) in [6, 6.07) is 9.65. The molecule has 2 aromatic rings. The van der Waals surface area contributed by atoms with Crippen molar-refractivity contribution in [2.24, 2.45) is 0 Å². The van der Waals surface area contributed by atoms with Crippen molar-refractivity contribution in [2.45, 2.75) is 13.8 Å². The molecule has 0 fully saturated rings. The van der Waals surface area contributed by atoms with Gasteiger partial charge in [0.2, 0.25) is 5.78 Å². The molecule has 0 aliphatic carbocycles. The van der Waals surface area contributed by atoms with E-state index in [9.17, 15) is 4.79 Å². The molecule has 1 aromatic heterocycles. The average Bonchev–Trinajstić information content (AvgIpc) is 2.58. The fourth-order valence-corrected chi connectivity index (χ4v) is 3.26. The summed E-state index contributed by atoms with van der Waals surface area (Å²) in [5, 5.41) is 0. The van der Waals surface area contributed by atoms with E-state index in [2.05, 4.69) is 15.9 Å². The van der Waals surface area contributed by atoms with Crippen LogP contribution in [0.15, 0.2) is 34.8 Å². The lowest BCUT2D eigenvalue weighted by atomic mass is 10.1. The lowest BCUT2D eigenvalue weighted by Crippen LogP contribution is -1.98. The lowest BCUT2D eigenvalue weighted by molar-refractivity contribution is 0.104. The quantitative estimate of drug-likeness (QED) is 0.752. The van der Waals surface area contributed by atoms with Gasteiger partial charge >= 0.3 is 0 Å². The predicted molar refractivity (Wildman–Crippen MR) is 71.4 cm³/mol. The molecule has 0 radical (unpaired) electrons. The summed E-state index contributed by atoms with van der Waals surface area (Å²) in [6.45, 7) is 4.01. The van der Waals surface area contributed by atoms with Gasteiger partial charge in [0.25, 0.3) is 0 Å². The second-order valence-corrected chi connectivity index (χ2v) is 5.84. The Hall–Kier alpha value is -0.930. The van der Waals surface area contributed by atoms with Crippen LogP contribution in [0.25, 0.3) is 0 Å². The van der Waals surface area contributed by atoms with Crippen molar-refractivity contribution < 1.29 is 4.79 Å². The summed E-state index contributed by atoms with van der Waals surface area (Å²) in [5.41, 5.74) is 1.91. The van der Waals surface area contributed by atoms with Crippen molar-refractivity contribution in [3.05, 3.63) is 55.7 Å². The van der Waals surface area contributed by atoms with E-state index in [0.29, 0.717) is 0 Å². The monoisotopic (exact) mass is 294 g/mol. The SMILES string of the molecule is Cc1ccc(C(=O)c2sc(C)cc2Br)cc1. The normalized spacial score (nSPS) is 10.4. The van der Waals surface area contributed by atoms with E-state index >= 15 is 0 Å². The maximum absolute atomic E-state index is 12.2. The summed E-state index contributed by atoms with van der Waals surface area (Å²) in [4.78, 5) is 14.1. The molecule has 16 heavy (non-hydrogen) atoms. The third-order valence-electron chi connectivity index (χ3n) is 2.33. The van der Waals surface area contributed by atoms with Crippen molar-refractivity contribution in [1.82, 2.24) is 0 Å². The molecule has 3 heteroatoms. The zero-order valence-corrected chi connectivity index (χ0v) is 11.5. The van der Waals surface area contributed by atoms with E-state index < -0.39 is 0 Å². The molecule has 0 unspecified atom stereocenters. The van der Waals surface area contributed by atoms with Crippen LogP contribution in [-0.2, 0) is 0 Å². The van der Waals surface area contributed by atoms with Crippen LogP contribution >= 0.6 is 27.3 Å². The zero-order valence-electron chi connectivity index (χ0n) is 9.08. The van der Waals surface area contributed by atoms with Gasteiger partial charge in [0.05, 0.1) is 4.88 Å². The number of hydrogen-bond donors (Lipinski definition) is 0. The topological polar surface area (TPSA) is 17.1 Å². The zero-order chi connectivity index (χ0) is 11.7. The van der Waals surface area contributed by atoms with Gasteiger partial charge in [-0.25, -0.2) is 0 Å². The summed E-state index contributed by atoms with van der Waals surface area (Å²) < 4.78 is 0.889. The minimum absolute atomic E-state index is 0.0879. The first kappa shape index (κ1) is 11.6. The second kappa shape index (κ2) is 4.52. The molecule has 1 nitrogen and oxygen atoms in total. The maximum atomic E-state index is 12.2. The third-order valence-corrected chi connectivity index (χ3v) is 4.27. The Balaban J connectivity index is 2.39. The fraction of sp³-hybridized carbons (Fsp3) is 0.154. The maximum Gasteiger partial charge on any atom is 0.204 e. The lowest BCUT2D eigenvalue weighted by Gasteiger charge is -1.99. The smallest absolute Gasteiger partial charge is 0.204 e. The van der Waals surface area contributed by atoms with Gasteiger partial charge in [0.15, 0.2) is 0 Å². The summed E-state index contributed by atoms with van der Waals surface area (Å²) in [6.07, 6.45) is 0. The summed E-state index contributed by atoms with van der Waals surface area (Å²) >= 11 is 4.94. The second-order valence-electron chi connectivity index (χ2n) is 3.73. The first-order valence-corrected chi connectivity index (χ1v) is 6.56. The highest BCUT2D eigenvalue weighted by molar-refractivity contribution is 9.10. The molecule has 0 amide bonds. The van der Waals surface area contributed by atoms with Gasteiger partial charge in [0, 0.05) is 14.9 Å². The summed E-state index contributed by atoms with van der Waals surface area (Å²) in [5.74, 6) is 0.0879. The van der Waals surface area contributed by atoms with Crippen molar-refractivity contribution in [3.8, 4) is 0 Å². The van der Waals surface area contributed by atoms with Crippen LogP contribution < -0.4 is 0 Å². The Morgan fingerprint density at radius 3 is 2.31 bits per heavy atom. The fourth-order valence-electron chi connectivity index (χ4n) is 1.47. The minimum Gasteiger partial charge on any atom is -0.288 e. The number of ketones is 1. The average molecular weight is 295 g/mol. The number of carbonyl (C=O) groups excluding carboxylic acids is 1. The Morgan fingerprint density at radius 2 is 1.81 bits per heavy atom. The first-order valence-electron chi connectivity index (χ1n) is 4.95. The van der Waals surface area contributed by atoms with E-state index in [-0.39, 0.29) is 5.78 Å².